The third-order valence-corrected chi connectivity index (χ3v) is 6.68. The Bertz CT molecular complexity index is 767. The van der Waals surface area contributed by atoms with Gasteiger partial charge in [-0.25, -0.2) is 4.98 Å². The van der Waals surface area contributed by atoms with Gasteiger partial charge in [0.05, 0.1) is 12.2 Å². The van der Waals surface area contributed by atoms with Crippen LogP contribution >= 0.6 is 35.3 Å². The first kappa shape index (κ1) is 26.0. The molecule has 6 nitrogen and oxygen atoms in total. The highest BCUT2D eigenvalue weighted by Crippen LogP contribution is 2.15. The molecule has 2 heterocycles. The number of aromatic nitrogens is 1. The minimum Gasteiger partial charge on any atom is -0.356 e. The molecule has 0 saturated carbocycles. The van der Waals surface area contributed by atoms with E-state index in [2.05, 4.69) is 74.6 Å². The summed E-state index contributed by atoms with van der Waals surface area (Å²) in [6, 6.07) is 10.8. The standard InChI is InChI=1S/C23H36N6S.HI/c1-19-20(2)30-22(27-19)17-26-23(24-3)25-11-7-8-12-28-13-15-29(16-14-28)18-21-9-5-4-6-10-21;/h4-6,9-10H,7-8,11-18H2,1-3H3,(H2,24,25,26);1H. The number of rotatable bonds is 9. The lowest BCUT2D eigenvalue weighted by atomic mass is 10.2. The zero-order chi connectivity index (χ0) is 21.2. The lowest BCUT2D eigenvalue weighted by Crippen LogP contribution is -2.46. The van der Waals surface area contributed by atoms with Crippen molar-refractivity contribution in [2.24, 2.45) is 4.99 Å². The van der Waals surface area contributed by atoms with Crippen molar-refractivity contribution >= 4 is 41.3 Å². The molecule has 1 aliphatic rings. The number of hydrogen-bond acceptors (Lipinski definition) is 5. The molecule has 2 N–H and O–H groups in total. The molecule has 0 aliphatic carbocycles. The van der Waals surface area contributed by atoms with E-state index in [0.717, 1.165) is 42.7 Å². The summed E-state index contributed by atoms with van der Waals surface area (Å²) in [6.45, 7) is 12.8. The summed E-state index contributed by atoms with van der Waals surface area (Å²) in [4.78, 5) is 15.3. The fraction of sp³-hybridized carbons (Fsp3) is 0.565. The molecule has 1 fully saturated rings. The number of benzene rings is 1. The van der Waals surface area contributed by atoms with Crippen LogP contribution in [0.2, 0.25) is 0 Å². The second kappa shape index (κ2) is 14.0. The van der Waals surface area contributed by atoms with Gasteiger partial charge in [-0.3, -0.25) is 9.89 Å². The number of aryl methyl sites for hydroxylation is 2. The molecule has 0 unspecified atom stereocenters. The van der Waals surface area contributed by atoms with Gasteiger partial charge in [0, 0.05) is 51.2 Å². The second-order valence-corrected chi connectivity index (χ2v) is 9.20. The monoisotopic (exact) mass is 556 g/mol. The fourth-order valence-corrected chi connectivity index (χ4v) is 4.55. The van der Waals surface area contributed by atoms with Gasteiger partial charge >= 0.3 is 0 Å². The van der Waals surface area contributed by atoms with Gasteiger partial charge in [-0.05, 0) is 38.8 Å². The second-order valence-electron chi connectivity index (χ2n) is 7.91. The Morgan fingerprint density at radius 1 is 1.03 bits per heavy atom. The summed E-state index contributed by atoms with van der Waals surface area (Å²) < 4.78 is 0. The first-order valence-electron chi connectivity index (χ1n) is 11.0. The van der Waals surface area contributed by atoms with Crippen molar-refractivity contribution in [3.8, 4) is 0 Å². The van der Waals surface area contributed by atoms with Crippen molar-refractivity contribution in [3.05, 3.63) is 51.5 Å². The van der Waals surface area contributed by atoms with Crippen LogP contribution in [-0.4, -0.2) is 67.1 Å². The van der Waals surface area contributed by atoms with Gasteiger partial charge in [0.1, 0.15) is 5.01 Å². The molecule has 1 saturated heterocycles. The van der Waals surface area contributed by atoms with Crippen LogP contribution in [0.4, 0.5) is 0 Å². The molecule has 0 atom stereocenters. The van der Waals surface area contributed by atoms with Crippen LogP contribution < -0.4 is 10.6 Å². The number of thiazole rings is 1. The van der Waals surface area contributed by atoms with E-state index in [0.29, 0.717) is 0 Å². The number of nitrogens with zero attached hydrogens (tertiary/aromatic N) is 4. The van der Waals surface area contributed by atoms with Gasteiger partial charge in [0.25, 0.3) is 0 Å². The molecule has 8 heteroatoms. The topological polar surface area (TPSA) is 55.8 Å². The number of hydrogen-bond donors (Lipinski definition) is 2. The molecule has 172 valence electrons. The first-order chi connectivity index (χ1) is 14.6. The van der Waals surface area contributed by atoms with Crippen LogP contribution in [-0.2, 0) is 13.1 Å². The van der Waals surface area contributed by atoms with Crippen molar-refractivity contribution in [2.75, 3.05) is 46.3 Å². The van der Waals surface area contributed by atoms with E-state index in [1.807, 2.05) is 7.05 Å². The van der Waals surface area contributed by atoms with Crippen LogP contribution in [0.5, 0.6) is 0 Å². The molecule has 0 bridgehead atoms. The molecular formula is C23H37IN6S. The lowest BCUT2D eigenvalue weighted by molar-refractivity contribution is 0.126. The highest BCUT2D eigenvalue weighted by atomic mass is 127. The van der Waals surface area contributed by atoms with E-state index >= 15 is 0 Å². The first-order valence-corrected chi connectivity index (χ1v) is 11.8. The summed E-state index contributed by atoms with van der Waals surface area (Å²) in [5, 5.41) is 7.89. The SMILES string of the molecule is CN=C(NCCCCN1CCN(Cc2ccccc2)CC1)NCc1nc(C)c(C)s1.I. The van der Waals surface area contributed by atoms with E-state index in [-0.39, 0.29) is 24.0 Å². The normalized spacial score (nSPS) is 15.5. The number of piperazine rings is 1. The Labute approximate surface area is 208 Å². The average molecular weight is 557 g/mol. The molecule has 31 heavy (non-hydrogen) atoms. The molecule has 1 aromatic heterocycles. The molecule has 0 amide bonds. The van der Waals surface area contributed by atoms with Crippen molar-refractivity contribution in [3.63, 3.8) is 0 Å². The molecule has 2 aromatic rings. The van der Waals surface area contributed by atoms with Crippen molar-refractivity contribution in [1.82, 2.24) is 25.4 Å². The maximum absolute atomic E-state index is 4.57. The van der Waals surface area contributed by atoms with Crippen LogP contribution in [0.15, 0.2) is 35.3 Å². The van der Waals surface area contributed by atoms with Gasteiger partial charge in [-0.1, -0.05) is 30.3 Å². The summed E-state index contributed by atoms with van der Waals surface area (Å²) in [5.41, 5.74) is 2.54. The average Bonchev–Trinajstić information content (AvgIpc) is 3.09. The third-order valence-electron chi connectivity index (χ3n) is 5.61. The molecular weight excluding hydrogens is 519 g/mol. The Morgan fingerprint density at radius 2 is 1.74 bits per heavy atom. The number of guanidine groups is 1. The van der Waals surface area contributed by atoms with E-state index in [1.165, 1.54) is 49.6 Å². The lowest BCUT2D eigenvalue weighted by Gasteiger charge is -2.34. The summed E-state index contributed by atoms with van der Waals surface area (Å²) >= 11 is 1.75. The maximum atomic E-state index is 4.57. The number of unbranched alkanes of at least 4 members (excludes halogenated alkanes) is 1. The van der Waals surface area contributed by atoms with Crippen molar-refractivity contribution < 1.29 is 0 Å². The third kappa shape index (κ3) is 9.03. The minimum absolute atomic E-state index is 0. The highest BCUT2D eigenvalue weighted by molar-refractivity contribution is 14.0. The Morgan fingerprint density at radius 3 is 2.39 bits per heavy atom. The van der Waals surface area contributed by atoms with Crippen molar-refractivity contribution in [1.29, 1.82) is 0 Å². The highest BCUT2D eigenvalue weighted by Gasteiger charge is 2.16. The molecule has 1 aromatic carbocycles. The molecule has 3 rings (SSSR count). The van der Waals surface area contributed by atoms with Gasteiger partial charge in [0.15, 0.2) is 5.96 Å². The Balaban J connectivity index is 0.00000341. The summed E-state index contributed by atoms with van der Waals surface area (Å²) in [7, 11) is 1.82. The minimum atomic E-state index is 0. The van der Waals surface area contributed by atoms with Gasteiger partial charge in [-0.15, -0.1) is 35.3 Å². The summed E-state index contributed by atoms with van der Waals surface area (Å²) in [6.07, 6.45) is 2.37. The van der Waals surface area contributed by atoms with E-state index in [1.54, 1.807) is 11.3 Å². The predicted octanol–water partition coefficient (Wildman–Crippen LogP) is 3.64. The van der Waals surface area contributed by atoms with Crippen LogP contribution in [0, 0.1) is 13.8 Å². The smallest absolute Gasteiger partial charge is 0.191 e. The number of nitrogens with one attached hydrogen (secondary N) is 2. The van der Waals surface area contributed by atoms with Crippen LogP contribution in [0.25, 0.3) is 0 Å². The van der Waals surface area contributed by atoms with Gasteiger partial charge in [-0.2, -0.15) is 0 Å². The molecule has 1 aliphatic heterocycles. The molecule has 0 radical (unpaired) electrons. The van der Waals surface area contributed by atoms with Gasteiger partial charge < -0.3 is 15.5 Å². The van der Waals surface area contributed by atoms with Gasteiger partial charge in [0.2, 0.25) is 0 Å². The van der Waals surface area contributed by atoms with E-state index in [4.69, 9.17) is 0 Å². The Hall–Kier alpha value is -1.23. The zero-order valence-corrected chi connectivity index (χ0v) is 22.2. The predicted molar refractivity (Wildman–Crippen MR) is 143 cm³/mol. The quantitative estimate of drug-likeness (QED) is 0.214. The number of aliphatic imine (C=N–C) groups is 1. The van der Waals surface area contributed by atoms with E-state index < -0.39 is 0 Å². The zero-order valence-electron chi connectivity index (χ0n) is 19.1. The maximum Gasteiger partial charge on any atom is 0.191 e. The van der Waals surface area contributed by atoms with Crippen molar-refractivity contribution in [2.45, 2.75) is 39.8 Å². The molecule has 0 spiro atoms. The summed E-state index contributed by atoms with van der Waals surface area (Å²) in [5.74, 6) is 0.857. The Kier molecular flexibility index (Phi) is 11.8. The van der Waals surface area contributed by atoms with E-state index in [9.17, 15) is 0 Å². The fourth-order valence-electron chi connectivity index (χ4n) is 3.67. The van der Waals surface area contributed by atoms with Crippen LogP contribution in [0.3, 0.4) is 0 Å². The van der Waals surface area contributed by atoms with Crippen LogP contribution in [0.1, 0.15) is 34.0 Å². The number of halogens is 1. The largest absolute Gasteiger partial charge is 0.356 e.